The summed E-state index contributed by atoms with van der Waals surface area (Å²) in [4.78, 5) is 0. The van der Waals surface area contributed by atoms with Gasteiger partial charge in [0.1, 0.15) is 5.84 Å². The summed E-state index contributed by atoms with van der Waals surface area (Å²) in [6.07, 6.45) is 0.405. The van der Waals surface area contributed by atoms with Crippen LogP contribution in [0.4, 0.5) is 0 Å². The molecule has 4 N–H and O–H groups in total. The van der Waals surface area contributed by atoms with E-state index in [1.165, 1.54) is 0 Å². The molecule has 0 unspecified atom stereocenters. The monoisotopic (exact) mass is 223 g/mol. The average molecular weight is 223 g/mol. The Labute approximate surface area is 84.1 Å². The number of rotatable bonds is 7. The topological polar surface area (TPSA) is 105 Å². The minimum absolute atomic E-state index is 0.125. The molecule has 0 amide bonds. The molecule has 0 aromatic carbocycles. The molecule has 0 heterocycles. The number of nitrogens with one attached hydrogen (secondary N) is 1. The fourth-order valence-corrected chi connectivity index (χ4v) is 1.51. The Bertz CT molecular complexity index is 274. The number of nitrogens with zero attached hydrogens (tertiary/aromatic N) is 1. The van der Waals surface area contributed by atoms with Crippen molar-refractivity contribution in [2.45, 2.75) is 13.3 Å². The predicted octanol–water partition coefficient (Wildman–Crippen LogP) is -0.853. The van der Waals surface area contributed by atoms with E-state index in [1.807, 2.05) is 0 Å². The molecular formula is C7H17N3O3S. The Balaban J connectivity index is 3.49. The van der Waals surface area contributed by atoms with Crippen LogP contribution in [0.25, 0.3) is 0 Å². The van der Waals surface area contributed by atoms with E-state index in [-0.39, 0.29) is 17.3 Å². The molecule has 0 atom stereocenters. The van der Waals surface area contributed by atoms with Crippen molar-refractivity contribution in [3.8, 4) is 0 Å². The maximum atomic E-state index is 11.0. The lowest BCUT2D eigenvalue weighted by Gasteiger charge is -2.03. The van der Waals surface area contributed by atoms with E-state index >= 15 is 0 Å². The summed E-state index contributed by atoms with van der Waals surface area (Å²) in [5.41, 5.74) is 5.21. The van der Waals surface area contributed by atoms with Gasteiger partial charge in [0.15, 0.2) is 9.84 Å². The molecule has 6 nitrogen and oxygen atoms in total. The minimum Gasteiger partial charge on any atom is -0.409 e. The maximum Gasteiger partial charge on any atom is 0.151 e. The Morgan fingerprint density at radius 3 is 2.64 bits per heavy atom. The van der Waals surface area contributed by atoms with Gasteiger partial charge in [0, 0.05) is 25.3 Å². The van der Waals surface area contributed by atoms with Gasteiger partial charge in [0.25, 0.3) is 0 Å². The zero-order valence-electron chi connectivity index (χ0n) is 8.23. The van der Waals surface area contributed by atoms with E-state index < -0.39 is 9.84 Å². The lowest BCUT2D eigenvalue weighted by Crippen LogP contribution is -2.27. The smallest absolute Gasteiger partial charge is 0.151 e. The van der Waals surface area contributed by atoms with Gasteiger partial charge in [-0.25, -0.2) is 8.42 Å². The Kier molecular flexibility index (Phi) is 6.22. The van der Waals surface area contributed by atoms with Gasteiger partial charge < -0.3 is 16.3 Å². The molecule has 0 radical (unpaired) electrons. The molecule has 14 heavy (non-hydrogen) atoms. The molecule has 0 saturated carbocycles. The quantitative estimate of drug-likeness (QED) is 0.171. The summed E-state index contributed by atoms with van der Waals surface area (Å²) < 4.78 is 22.0. The lowest BCUT2D eigenvalue weighted by molar-refractivity contribution is 0.316. The molecule has 0 spiro atoms. The van der Waals surface area contributed by atoms with Crippen molar-refractivity contribution < 1.29 is 13.6 Å². The molecule has 84 valence electrons. The third kappa shape index (κ3) is 6.67. The van der Waals surface area contributed by atoms with Crippen molar-refractivity contribution in [1.29, 1.82) is 0 Å². The lowest BCUT2D eigenvalue weighted by atomic mass is 10.4. The summed E-state index contributed by atoms with van der Waals surface area (Å²) in [5, 5.41) is 13.9. The fourth-order valence-electron chi connectivity index (χ4n) is 0.763. The highest BCUT2D eigenvalue weighted by molar-refractivity contribution is 7.91. The highest BCUT2D eigenvalue weighted by Crippen LogP contribution is 1.87. The fraction of sp³-hybridized carbons (Fsp3) is 0.857. The van der Waals surface area contributed by atoms with Gasteiger partial charge in [-0.2, -0.15) is 0 Å². The molecular weight excluding hydrogens is 206 g/mol. The van der Waals surface area contributed by atoms with Crippen LogP contribution in [0.3, 0.4) is 0 Å². The molecule has 0 aliphatic heterocycles. The molecule has 0 aromatic heterocycles. The van der Waals surface area contributed by atoms with Crippen LogP contribution in [0.1, 0.15) is 13.3 Å². The van der Waals surface area contributed by atoms with E-state index in [0.29, 0.717) is 19.5 Å². The average Bonchev–Trinajstić information content (AvgIpc) is 2.17. The van der Waals surface area contributed by atoms with E-state index in [0.717, 1.165) is 0 Å². The van der Waals surface area contributed by atoms with Gasteiger partial charge in [-0.15, -0.1) is 0 Å². The third-order valence-corrected chi connectivity index (χ3v) is 3.42. The van der Waals surface area contributed by atoms with E-state index in [9.17, 15) is 8.42 Å². The Hall–Kier alpha value is -0.820. The van der Waals surface area contributed by atoms with Crippen molar-refractivity contribution in [2.24, 2.45) is 10.9 Å². The van der Waals surface area contributed by atoms with Gasteiger partial charge in [-0.3, -0.25) is 0 Å². The predicted molar refractivity (Wildman–Crippen MR) is 55.2 cm³/mol. The molecule has 0 aliphatic rings. The second-order valence-electron chi connectivity index (χ2n) is 2.83. The summed E-state index contributed by atoms with van der Waals surface area (Å²) in [7, 11) is -2.90. The van der Waals surface area contributed by atoms with Gasteiger partial charge in [-0.1, -0.05) is 12.1 Å². The maximum absolute atomic E-state index is 11.0. The largest absolute Gasteiger partial charge is 0.409 e. The molecule has 7 heteroatoms. The standard InChI is InChI=1S/C7H17N3O3S/c1-2-14(12,13)6-5-9-4-3-7(8)10-11/h9,11H,2-6H2,1H3,(H2,8,10). The van der Waals surface area contributed by atoms with Gasteiger partial charge in [0.05, 0.1) is 5.75 Å². The molecule has 0 fully saturated rings. The number of hydrogen-bond donors (Lipinski definition) is 3. The van der Waals surface area contributed by atoms with E-state index in [4.69, 9.17) is 10.9 Å². The van der Waals surface area contributed by atoms with Crippen molar-refractivity contribution in [1.82, 2.24) is 5.32 Å². The molecule has 0 aliphatic carbocycles. The van der Waals surface area contributed by atoms with Crippen LogP contribution in [-0.4, -0.2) is 44.1 Å². The number of oxime groups is 1. The van der Waals surface area contributed by atoms with Crippen LogP contribution < -0.4 is 11.1 Å². The first-order valence-corrected chi connectivity index (χ1v) is 6.21. The summed E-state index contributed by atoms with van der Waals surface area (Å²) in [6.45, 7) is 2.52. The van der Waals surface area contributed by atoms with Crippen LogP contribution in [0, 0.1) is 0 Å². The number of sulfone groups is 1. The molecule has 0 saturated heterocycles. The Morgan fingerprint density at radius 2 is 2.14 bits per heavy atom. The van der Waals surface area contributed by atoms with Gasteiger partial charge >= 0.3 is 0 Å². The second-order valence-corrected chi connectivity index (χ2v) is 5.30. The van der Waals surface area contributed by atoms with Crippen LogP contribution in [0.2, 0.25) is 0 Å². The van der Waals surface area contributed by atoms with Gasteiger partial charge in [-0.05, 0) is 0 Å². The highest BCUT2D eigenvalue weighted by Gasteiger charge is 2.05. The first-order chi connectivity index (χ1) is 6.52. The van der Waals surface area contributed by atoms with Crippen molar-refractivity contribution in [3.05, 3.63) is 0 Å². The second kappa shape index (κ2) is 6.61. The van der Waals surface area contributed by atoms with Crippen LogP contribution in [0.15, 0.2) is 5.16 Å². The zero-order valence-corrected chi connectivity index (χ0v) is 9.05. The normalized spacial score (nSPS) is 13.1. The SMILES string of the molecule is CCS(=O)(=O)CCNCCC(N)=NO. The molecule has 0 bridgehead atoms. The summed E-state index contributed by atoms with van der Waals surface area (Å²) >= 11 is 0. The third-order valence-electron chi connectivity index (χ3n) is 1.72. The zero-order chi connectivity index (χ0) is 11.0. The first kappa shape index (κ1) is 13.2. The van der Waals surface area contributed by atoms with Crippen LogP contribution >= 0.6 is 0 Å². The summed E-state index contributed by atoms with van der Waals surface area (Å²) in [6, 6.07) is 0. The van der Waals surface area contributed by atoms with Crippen molar-refractivity contribution in [2.75, 3.05) is 24.6 Å². The number of nitrogens with two attached hydrogens (primary N) is 1. The number of hydrogen-bond acceptors (Lipinski definition) is 5. The first-order valence-electron chi connectivity index (χ1n) is 4.39. The van der Waals surface area contributed by atoms with Crippen molar-refractivity contribution >= 4 is 15.7 Å². The Morgan fingerprint density at radius 1 is 1.50 bits per heavy atom. The summed E-state index contributed by atoms with van der Waals surface area (Å²) in [5.74, 6) is 0.421. The van der Waals surface area contributed by atoms with Crippen LogP contribution in [-0.2, 0) is 9.84 Å². The van der Waals surface area contributed by atoms with Gasteiger partial charge in [0.2, 0.25) is 0 Å². The minimum atomic E-state index is -2.90. The van der Waals surface area contributed by atoms with E-state index in [1.54, 1.807) is 6.92 Å². The number of amidine groups is 1. The van der Waals surface area contributed by atoms with E-state index in [2.05, 4.69) is 10.5 Å². The molecule has 0 rings (SSSR count). The molecule has 0 aromatic rings. The van der Waals surface area contributed by atoms with Crippen LogP contribution in [0.5, 0.6) is 0 Å². The van der Waals surface area contributed by atoms with Crippen molar-refractivity contribution in [3.63, 3.8) is 0 Å². The highest BCUT2D eigenvalue weighted by atomic mass is 32.2.